The van der Waals surface area contributed by atoms with E-state index in [2.05, 4.69) is 30.4 Å². The van der Waals surface area contributed by atoms with E-state index in [0.29, 0.717) is 0 Å². The zero-order chi connectivity index (χ0) is 13.1. The van der Waals surface area contributed by atoms with Gasteiger partial charge in [0.05, 0.1) is 6.04 Å². The number of nitrogens with one attached hydrogen (secondary N) is 1. The lowest BCUT2D eigenvalue weighted by Crippen LogP contribution is -2.40. The lowest BCUT2D eigenvalue weighted by molar-refractivity contribution is -0.119. The van der Waals surface area contributed by atoms with Gasteiger partial charge in [0.15, 0.2) is 0 Å². The van der Waals surface area contributed by atoms with E-state index in [4.69, 9.17) is 5.73 Å². The lowest BCUT2D eigenvalue weighted by Gasteiger charge is -2.21. The number of amides is 1. The van der Waals surface area contributed by atoms with E-state index in [1.54, 1.807) is 6.92 Å². The number of fused-ring (bicyclic) bond motifs is 1. The van der Waals surface area contributed by atoms with Gasteiger partial charge in [-0.1, -0.05) is 18.2 Å². The average molecular weight is 246 g/mol. The monoisotopic (exact) mass is 246 g/mol. The minimum absolute atomic E-state index is 0.153. The van der Waals surface area contributed by atoms with E-state index < -0.39 is 0 Å². The van der Waals surface area contributed by atoms with Gasteiger partial charge in [0.1, 0.15) is 0 Å². The van der Waals surface area contributed by atoms with E-state index in [1.807, 2.05) is 0 Å². The second-order valence-corrected chi connectivity index (χ2v) is 5.25. The van der Waals surface area contributed by atoms with Gasteiger partial charge in [-0.3, -0.25) is 10.1 Å². The molecule has 0 saturated carbocycles. The summed E-state index contributed by atoms with van der Waals surface area (Å²) in [6.07, 6.45) is 4.98. The van der Waals surface area contributed by atoms with Crippen molar-refractivity contribution in [3.8, 4) is 0 Å². The summed E-state index contributed by atoms with van der Waals surface area (Å²) in [4.78, 5) is 11.1. The highest BCUT2D eigenvalue weighted by atomic mass is 16.1. The molecule has 1 aromatic rings. The molecule has 1 aromatic carbocycles. The highest BCUT2D eigenvalue weighted by molar-refractivity contribution is 5.79. The third kappa shape index (κ3) is 2.91. The van der Waals surface area contributed by atoms with Crippen LogP contribution in [0, 0.1) is 0 Å². The molecule has 1 amide bonds. The standard InChI is InChI=1S/C15H22N2O/c1-10(17-11(2)15(16)18)13-8-7-12-5-3-4-6-14(12)9-13/h7-11,17H,3-6H2,1-2H3,(H2,16,18)/t10-,11-/m0/s1. The number of carbonyl (C=O) groups excluding carboxylic acids is 1. The van der Waals surface area contributed by atoms with Crippen molar-refractivity contribution in [2.75, 3.05) is 0 Å². The molecular weight excluding hydrogens is 224 g/mol. The zero-order valence-electron chi connectivity index (χ0n) is 11.2. The van der Waals surface area contributed by atoms with Crippen LogP contribution >= 0.6 is 0 Å². The lowest BCUT2D eigenvalue weighted by atomic mass is 9.89. The summed E-state index contributed by atoms with van der Waals surface area (Å²) in [6, 6.07) is 6.53. The highest BCUT2D eigenvalue weighted by Crippen LogP contribution is 2.24. The van der Waals surface area contributed by atoms with Crippen molar-refractivity contribution >= 4 is 5.91 Å². The van der Waals surface area contributed by atoms with E-state index in [9.17, 15) is 4.79 Å². The molecule has 0 radical (unpaired) electrons. The maximum atomic E-state index is 11.1. The van der Waals surface area contributed by atoms with Crippen molar-refractivity contribution in [3.63, 3.8) is 0 Å². The largest absolute Gasteiger partial charge is 0.368 e. The Hall–Kier alpha value is -1.35. The van der Waals surface area contributed by atoms with Crippen LogP contribution in [0.3, 0.4) is 0 Å². The SMILES string of the molecule is C[C@H](N[C@@H](C)c1ccc2c(c1)CCCC2)C(N)=O. The third-order valence-electron chi connectivity index (χ3n) is 3.80. The van der Waals surface area contributed by atoms with Crippen LogP contribution in [0.5, 0.6) is 0 Å². The molecule has 3 heteroatoms. The average Bonchev–Trinajstić information content (AvgIpc) is 2.37. The van der Waals surface area contributed by atoms with Crippen molar-refractivity contribution < 1.29 is 4.79 Å². The number of benzene rings is 1. The molecule has 3 nitrogen and oxygen atoms in total. The summed E-state index contributed by atoms with van der Waals surface area (Å²) < 4.78 is 0. The Balaban J connectivity index is 2.11. The summed E-state index contributed by atoms with van der Waals surface area (Å²) in [5, 5.41) is 3.23. The van der Waals surface area contributed by atoms with Crippen LogP contribution in [0.2, 0.25) is 0 Å². The van der Waals surface area contributed by atoms with Gasteiger partial charge in [-0.2, -0.15) is 0 Å². The minimum atomic E-state index is -0.306. The van der Waals surface area contributed by atoms with Crippen LogP contribution in [-0.2, 0) is 17.6 Å². The molecule has 0 aromatic heterocycles. The molecule has 98 valence electrons. The van der Waals surface area contributed by atoms with Crippen LogP contribution in [0.1, 0.15) is 49.4 Å². The summed E-state index contributed by atoms with van der Waals surface area (Å²) in [5.74, 6) is -0.306. The zero-order valence-corrected chi connectivity index (χ0v) is 11.2. The van der Waals surface area contributed by atoms with Crippen LogP contribution in [0.15, 0.2) is 18.2 Å². The normalized spacial score (nSPS) is 17.9. The Labute approximate surface area is 109 Å². The Bertz CT molecular complexity index is 442. The molecule has 0 unspecified atom stereocenters. The third-order valence-corrected chi connectivity index (χ3v) is 3.80. The second kappa shape index (κ2) is 5.53. The number of nitrogens with two attached hydrogens (primary N) is 1. The maximum Gasteiger partial charge on any atom is 0.234 e. The van der Waals surface area contributed by atoms with Crippen LogP contribution in [0.4, 0.5) is 0 Å². The quantitative estimate of drug-likeness (QED) is 0.854. The van der Waals surface area contributed by atoms with Gasteiger partial charge in [0.2, 0.25) is 5.91 Å². The molecule has 2 rings (SSSR count). The van der Waals surface area contributed by atoms with Crippen LogP contribution in [-0.4, -0.2) is 11.9 Å². The smallest absolute Gasteiger partial charge is 0.234 e. The number of hydrogen-bond donors (Lipinski definition) is 2. The van der Waals surface area contributed by atoms with E-state index in [0.717, 1.165) is 0 Å². The maximum absolute atomic E-state index is 11.1. The van der Waals surface area contributed by atoms with Crippen molar-refractivity contribution in [2.24, 2.45) is 5.73 Å². The first-order valence-corrected chi connectivity index (χ1v) is 6.75. The molecule has 2 atom stereocenters. The van der Waals surface area contributed by atoms with Gasteiger partial charge in [0.25, 0.3) is 0 Å². The van der Waals surface area contributed by atoms with Gasteiger partial charge >= 0.3 is 0 Å². The Morgan fingerprint density at radius 1 is 1.22 bits per heavy atom. The highest BCUT2D eigenvalue weighted by Gasteiger charge is 2.15. The Kier molecular flexibility index (Phi) is 4.02. The van der Waals surface area contributed by atoms with Gasteiger partial charge in [0, 0.05) is 6.04 Å². The van der Waals surface area contributed by atoms with Gasteiger partial charge in [-0.15, -0.1) is 0 Å². The first kappa shape index (κ1) is 13.1. The molecule has 0 saturated heterocycles. The Morgan fingerprint density at radius 2 is 1.89 bits per heavy atom. The molecule has 0 heterocycles. The first-order chi connectivity index (χ1) is 8.58. The predicted molar refractivity (Wildman–Crippen MR) is 73.3 cm³/mol. The number of hydrogen-bond acceptors (Lipinski definition) is 2. The van der Waals surface area contributed by atoms with Crippen molar-refractivity contribution in [1.82, 2.24) is 5.32 Å². The van der Waals surface area contributed by atoms with Gasteiger partial charge < -0.3 is 5.73 Å². The second-order valence-electron chi connectivity index (χ2n) is 5.25. The molecule has 1 aliphatic rings. The van der Waals surface area contributed by atoms with Gasteiger partial charge in [-0.25, -0.2) is 0 Å². The summed E-state index contributed by atoms with van der Waals surface area (Å²) in [7, 11) is 0. The minimum Gasteiger partial charge on any atom is -0.368 e. The molecular formula is C15H22N2O. The summed E-state index contributed by atoms with van der Waals surface area (Å²) >= 11 is 0. The molecule has 0 aliphatic heterocycles. The van der Waals surface area contributed by atoms with E-state index in [-0.39, 0.29) is 18.0 Å². The van der Waals surface area contributed by atoms with Crippen LogP contribution in [0.25, 0.3) is 0 Å². The number of carbonyl (C=O) groups is 1. The predicted octanol–water partition coefficient (Wildman–Crippen LogP) is 2.09. The molecule has 18 heavy (non-hydrogen) atoms. The number of primary amides is 1. The molecule has 0 bridgehead atoms. The molecule has 1 aliphatic carbocycles. The van der Waals surface area contributed by atoms with E-state index >= 15 is 0 Å². The molecule has 0 fully saturated rings. The van der Waals surface area contributed by atoms with Crippen molar-refractivity contribution in [1.29, 1.82) is 0 Å². The van der Waals surface area contributed by atoms with Crippen molar-refractivity contribution in [2.45, 2.75) is 51.6 Å². The fraction of sp³-hybridized carbons (Fsp3) is 0.533. The summed E-state index contributed by atoms with van der Waals surface area (Å²) in [5.41, 5.74) is 9.47. The number of rotatable bonds is 4. The van der Waals surface area contributed by atoms with Crippen LogP contribution < -0.4 is 11.1 Å². The fourth-order valence-corrected chi connectivity index (χ4v) is 2.58. The fourth-order valence-electron chi connectivity index (χ4n) is 2.58. The van der Waals surface area contributed by atoms with E-state index in [1.165, 1.54) is 42.4 Å². The molecule has 0 spiro atoms. The topological polar surface area (TPSA) is 55.1 Å². The molecule has 3 N–H and O–H groups in total. The number of aryl methyl sites for hydroxylation is 2. The first-order valence-electron chi connectivity index (χ1n) is 6.75. The van der Waals surface area contributed by atoms with Crippen molar-refractivity contribution in [3.05, 3.63) is 34.9 Å². The van der Waals surface area contributed by atoms with Gasteiger partial charge in [-0.05, 0) is 56.2 Å². The Morgan fingerprint density at radius 3 is 2.56 bits per heavy atom. The summed E-state index contributed by atoms with van der Waals surface area (Å²) in [6.45, 7) is 3.88.